The zero-order valence-electron chi connectivity index (χ0n) is 12.8. The fraction of sp³-hybridized carbons (Fsp3) is 0.333. The Morgan fingerprint density at radius 3 is 2.30 bits per heavy atom. The van der Waals surface area contributed by atoms with Gasteiger partial charge in [-0.05, 0) is 31.9 Å². The number of anilines is 1. The molecule has 0 unspecified atom stereocenters. The molecule has 1 N–H and O–H groups in total. The van der Waals surface area contributed by atoms with Gasteiger partial charge in [0.2, 0.25) is 5.91 Å². The van der Waals surface area contributed by atoms with Crippen molar-refractivity contribution in [3.05, 3.63) is 45.7 Å². The van der Waals surface area contributed by atoms with Crippen LogP contribution in [0, 0.1) is 20.8 Å². The summed E-state index contributed by atoms with van der Waals surface area (Å²) in [7, 11) is 0. The molecule has 0 radical (unpaired) electrons. The predicted molar refractivity (Wildman–Crippen MR) is 81.5 cm³/mol. The van der Waals surface area contributed by atoms with E-state index in [1.165, 1.54) is 6.92 Å². The molecule has 0 bridgehead atoms. The minimum atomic E-state index is -4.66. The van der Waals surface area contributed by atoms with E-state index in [-0.39, 0.29) is 12.2 Å². The molecule has 0 atom stereocenters. The summed E-state index contributed by atoms with van der Waals surface area (Å²) in [6.45, 7) is 4.70. The van der Waals surface area contributed by atoms with E-state index in [2.05, 4.69) is 10.4 Å². The molecule has 0 aliphatic heterocycles. The van der Waals surface area contributed by atoms with Gasteiger partial charge in [-0.3, -0.25) is 9.48 Å². The number of hydrogen-bond donors (Lipinski definition) is 1. The van der Waals surface area contributed by atoms with Gasteiger partial charge in [0.05, 0.1) is 10.7 Å². The zero-order chi connectivity index (χ0) is 17.4. The highest BCUT2D eigenvalue weighted by Gasteiger charge is 2.38. The summed E-state index contributed by atoms with van der Waals surface area (Å²) < 4.78 is 39.3. The number of amides is 1. The van der Waals surface area contributed by atoms with Gasteiger partial charge in [-0.15, -0.1) is 0 Å². The van der Waals surface area contributed by atoms with Crippen LogP contribution < -0.4 is 5.32 Å². The first-order valence-corrected chi connectivity index (χ1v) is 7.15. The van der Waals surface area contributed by atoms with Gasteiger partial charge in [-0.1, -0.05) is 29.8 Å². The van der Waals surface area contributed by atoms with Crippen molar-refractivity contribution in [2.75, 3.05) is 5.32 Å². The zero-order valence-corrected chi connectivity index (χ0v) is 13.5. The Hall–Kier alpha value is -2.02. The first kappa shape index (κ1) is 17.3. The quantitative estimate of drug-likeness (QED) is 0.909. The van der Waals surface area contributed by atoms with Gasteiger partial charge < -0.3 is 5.32 Å². The lowest BCUT2D eigenvalue weighted by Gasteiger charge is -2.12. The van der Waals surface area contributed by atoms with Gasteiger partial charge >= 0.3 is 6.18 Å². The number of nitrogens with zero attached hydrogens (tertiary/aromatic N) is 2. The average molecular weight is 346 g/mol. The number of nitrogens with one attached hydrogen (secondary N) is 1. The number of carbonyl (C=O) groups is 1. The summed E-state index contributed by atoms with van der Waals surface area (Å²) in [4.78, 5) is 12.1. The molecule has 1 aromatic carbocycles. The van der Waals surface area contributed by atoms with E-state index in [0.29, 0.717) is 5.69 Å². The Morgan fingerprint density at radius 2 is 1.83 bits per heavy atom. The number of alkyl halides is 3. The van der Waals surface area contributed by atoms with Crippen molar-refractivity contribution in [3.8, 4) is 0 Å². The van der Waals surface area contributed by atoms with Gasteiger partial charge in [0.15, 0.2) is 5.69 Å². The van der Waals surface area contributed by atoms with Gasteiger partial charge in [0, 0.05) is 5.69 Å². The molecule has 1 aromatic heterocycles. The number of aryl methyl sites for hydroxylation is 2. The molecule has 0 saturated heterocycles. The lowest BCUT2D eigenvalue weighted by atomic mass is 10.1. The Balaban J connectivity index is 2.22. The molecule has 4 nitrogen and oxygen atoms in total. The highest BCUT2D eigenvalue weighted by molar-refractivity contribution is 6.32. The number of benzene rings is 1. The van der Waals surface area contributed by atoms with Crippen LogP contribution in [-0.4, -0.2) is 15.7 Å². The van der Waals surface area contributed by atoms with E-state index in [1.54, 1.807) is 0 Å². The van der Waals surface area contributed by atoms with Crippen LogP contribution in [0.25, 0.3) is 0 Å². The van der Waals surface area contributed by atoms with Gasteiger partial charge in [-0.25, -0.2) is 0 Å². The molecular formula is C15H15ClF3N3O. The topological polar surface area (TPSA) is 46.9 Å². The summed E-state index contributed by atoms with van der Waals surface area (Å²) in [5, 5.41) is 5.61. The van der Waals surface area contributed by atoms with Crippen molar-refractivity contribution < 1.29 is 18.0 Å². The molecule has 0 spiro atoms. The summed E-state index contributed by atoms with van der Waals surface area (Å²) in [6.07, 6.45) is -4.66. The molecule has 1 amide bonds. The number of halogens is 4. The van der Waals surface area contributed by atoms with Crippen LogP contribution >= 0.6 is 11.6 Å². The summed E-state index contributed by atoms with van der Waals surface area (Å²) in [5.41, 5.74) is 1.28. The molecule has 0 aliphatic rings. The molecule has 23 heavy (non-hydrogen) atoms. The first-order valence-electron chi connectivity index (χ1n) is 6.77. The Morgan fingerprint density at radius 1 is 1.26 bits per heavy atom. The molecule has 124 valence electrons. The largest absolute Gasteiger partial charge is 0.436 e. The lowest BCUT2D eigenvalue weighted by molar-refractivity contribution is -0.141. The van der Waals surface area contributed by atoms with Gasteiger partial charge in [0.25, 0.3) is 0 Å². The third-order valence-corrected chi connectivity index (χ3v) is 3.89. The van der Waals surface area contributed by atoms with Crippen LogP contribution in [0.3, 0.4) is 0 Å². The number of rotatable bonds is 3. The van der Waals surface area contributed by atoms with Crippen LogP contribution in [0.15, 0.2) is 18.2 Å². The fourth-order valence-corrected chi connectivity index (χ4v) is 2.43. The highest BCUT2D eigenvalue weighted by Crippen LogP contribution is 2.35. The van der Waals surface area contributed by atoms with E-state index in [0.717, 1.165) is 15.8 Å². The monoisotopic (exact) mass is 345 g/mol. The first-order chi connectivity index (χ1) is 10.6. The maximum absolute atomic E-state index is 12.8. The molecule has 0 aliphatic carbocycles. The van der Waals surface area contributed by atoms with Crippen LogP contribution in [0.4, 0.5) is 18.9 Å². The summed E-state index contributed by atoms with van der Waals surface area (Å²) in [5.74, 6) is -0.474. The molecule has 2 aromatic rings. The third-order valence-electron chi connectivity index (χ3n) is 3.44. The normalized spacial score (nSPS) is 11.6. The molecule has 2 rings (SSSR count). The van der Waals surface area contributed by atoms with Crippen molar-refractivity contribution >= 4 is 23.2 Å². The Kier molecular flexibility index (Phi) is 4.70. The van der Waals surface area contributed by atoms with Crippen molar-refractivity contribution in [2.45, 2.75) is 33.5 Å². The van der Waals surface area contributed by atoms with E-state index in [9.17, 15) is 18.0 Å². The maximum atomic E-state index is 12.8. The van der Waals surface area contributed by atoms with E-state index in [4.69, 9.17) is 11.6 Å². The molecular weight excluding hydrogens is 331 g/mol. The molecule has 8 heteroatoms. The highest BCUT2D eigenvalue weighted by atomic mass is 35.5. The Labute approximate surface area is 136 Å². The SMILES string of the molecule is Cc1cccc(C)c1NC(=O)Cn1nc(C(F)(F)F)c(Cl)c1C. The second-order valence-electron chi connectivity index (χ2n) is 5.22. The van der Waals surface area contributed by atoms with E-state index >= 15 is 0 Å². The summed E-state index contributed by atoms with van der Waals surface area (Å²) >= 11 is 5.66. The predicted octanol–water partition coefficient (Wildman–Crippen LogP) is 4.12. The smallest absolute Gasteiger partial charge is 0.324 e. The average Bonchev–Trinajstić information content (AvgIpc) is 2.71. The van der Waals surface area contributed by atoms with Crippen molar-refractivity contribution in [2.24, 2.45) is 0 Å². The minimum absolute atomic E-state index is 0.0932. The third kappa shape index (κ3) is 3.67. The summed E-state index contributed by atoms with van der Waals surface area (Å²) in [6, 6.07) is 5.52. The number of hydrogen-bond acceptors (Lipinski definition) is 2. The van der Waals surface area contributed by atoms with E-state index in [1.807, 2.05) is 32.0 Å². The number of carbonyl (C=O) groups excluding carboxylic acids is 1. The maximum Gasteiger partial charge on any atom is 0.436 e. The standard InChI is InChI=1S/C15H15ClF3N3O/c1-8-5-4-6-9(2)13(8)20-11(23)7-22-10(3)12(16)14(21-22)15(17,18)19/h4-6H,7H2,1-3H3,(H,20,23). The number of para-hydroxylation sites is 1. The van der Waals surface area contributed by atoms with Gasteiger partial charge in [-0.2, -0.15) is 18.3 Å². The van der Waals surface area contributed by atoms with Crippen molar-refractivity contribution in [1.29, 1.82) is 0 Å². The van der Waals surface area contributed by atoms with Gasteiger partial charge in [0.1, 0.15) is 6.54 Å². The van der Waals surface area contributed by atoms with Crippen LogP contribution in [0.1, 0.15) is 22.5 Å². The van der Waals surface area contributed by atoms with Crippen molar-refractivity contribution in [3.63, 3.8) is 0 Å². The van der Waals surface area contributed by atoms with Crippen LogP contribution in [-0.2, 0) is 17.5 Å². The minimum Gasteiger partial charge on any atom is -0.324 e. The van der Waals surface area contributed by atoms with E-state index < -0.39 is 22.8 Å². The molecule has 0 fully saturated rings. The van der Waals surface area contributed by atoms with Crippen LogP contribution in [0.5, 0.6) is 0 Å². The molecule has 1 heterocycles. The van der Waals surface area contributed by atoms with Crippen molar-refractivity contribution in [1.82, 2.24) is 9.78 Å². The lowest BCUT2D eigenvalue weighted by Crippen LogP contribution is -2.21. The second kappa shape index (κ2) is 6.23. The molecule has 0 saturated carbocycles. The number of aromatic nitrogens is 2. The fourth-order valence-electron chi connectivity index (χ4n) is 2.19. The second-order valence-corrected chi connectivity index (χ2v) is 5.60. The Bertz CT molecular complexity index is 733. The van der Waals surface area contributed by atoms with Crippen LogP contribution in [0.2, 0.25) is 5.02 Å².